The lowest BCUT2D eigenvalue weighted by Crippen LogP contribution is -1.89. The Bertz CT molecular complexity index is 1070. The van der Waals surface area contributed by atoms with Crippen molar-refractivity contribution < 1.29 is 0 Å². The van der Waals surface area contributed by atoms with E-state index in [9.17, 15) is 0 Å². The zero-order valence-electron chi connectivity index (χ0n) is 14.7. The summed E-state index contributed by atoms with van der Waals surface area (Å²) in [5.74, 6) is 0. The molecule has 0 spiro atoms. The highest BCUT2D eigenvalue weighted by atomic mass is 15.3. The second-order valence-electron chi connectivity index (χ2n) is 6.27. The molecular weight excluding hydrogens is 316 g/mol. The van der Waals surface area contributed by atoms with E-state index in [0.717, 1.165) is 16.6 Å². The van der Waals surface area contributed by atoms with Crippen LogP contribution in [0.2, 0.25) is 0 Å². The molecule has 2 heteroatoms. The molecule has 1 aromatic heterocycles. The van der Waals surface area contributed by atoms with Gasteiger partial charge < -0.3 is 0 Å². The summed E-state index contributed by atoms with van der Waals surface area (Å²) in [6.07, 6.45) is 8.47. The molecule has 0 amide bonds. The molecule has 0 aliphatic carbocycles. The van der Waals surface area contributed by atoms with E-state index >= 15 is 0 Å². The average molecular weight is 336 g/mol. The van der Waals surface area contributed by atoms with Crippen LogP contribution in [0.3, 0.4) is 0 Å². The van der Waals surface area contributed by atoms with Crippen LogP contribution >= 0.6 is 0 Å². The topological polar surface area (TPSA) is 17.8 Å². The molecule has 3 aromatic carbocycles. The van der Waals surface area contributed by atoms with Gasteiger partial charge in [0.05, 0.1) is 11.2 Å². The molecule has 0 bridgehead atoms. The van der Waals surface area contributed by atoms with Gasteiger partial charge >= 0.3 is 0 Å². The third kappa shape index (κ3) is 3.50. The van der Waals surface area contributed by atoms with Crippen molar-refractivity contribution >= 4 is 35.2 Å². The summed E-state index contributed by atoms with van der Waals surface area (Å²) < 4.78 is 1.94. The molecule has 0 unspecified atom stereocenters. The molecule has 0 fully saturated rings. The second kappa shape index (κ2) is 7.24. The van der Waals surface area contributed by atoms with Crippen LogP contribution in [0.4, 0.5) is 0 Å². The van der Waals surface area contributed by atoms with E-state index in [-0.39, 0.29) is 0 Å². The van der Waals surface area contributed by atoms with Crippen LogP contribution in [0.5, 0.6) is 0 Å². The van der Waals surface area contributed by atoms with Crippen LogP contribution in [0.1, 0.15) is 22.4 Å². The fourth-order valence-electron chi connectivity index (χ4n) is 3.03. The summed E-state index contributed by atoms with van der Waals surface area (Å²) in [7, 11) is 1.99. The third-order valence-electron chi connectivity index (χ3n) is 4.40. The van der Waals surface area contributed by atoms with Gasteiger partial charge in [0, 0.05) is 12.4 Å². The molecule has 0 aliphatic heterocycles. The zero-order valence-corrected chi connectivity index (χ0v) is 14.7. The monoisotopic (exact) mass is 336 g/mol. The highest BCUT2D eigenvalue weighted by Crippen LogP contribution is 2.22. The predicted molar refractivity (Wildman–Crippen MR) is 111 cm³/mol. The van der Waals surface area contributed by atoms with E-state index in [0.29, 0.717) is 0 Å². The van der Waals surface area contributed by atoms with Gasteiger partial charge in [0.2, 0.25) is 0 Å². The molecule has 2 nitrogen and oxygen atoms in total. The van der Waals surface area contributed by atoms with E-state index in [1.807, 2.05) is 36.0 Å². The number of nitrogens with zero attached hydrogens (tertiary/aromatic N) is 2. The number of hydrogen-bond donors (Lipinski definition) is 0. The summed E-state index contributed by atoms with van der Waals surface area (Å²) in [6, 6.07) is 27.1. The Labute approximate surface area is 153 Å². The molecule has 0 saturated carbocycles. The van der Waals surface area contributed by atoms with Gasteiger partial charge in [-0.2, -0.15) is 5.10 Å². The van der Waals surface area contributed by atoms with Crippen molar-refractivity contribution in [1.29, 1.82) is 0 Å². The van der Waals surface area contributed by atoms with Gasteiger partial charge in [-0.15, -0.1) is 0 Å². The normalized spacial score (nSPS) is 11.7. The summed E-state index contributed by atoms with van der Waals surface area (Å²) >= 11 is 0. The molecule has 26 heavy (non-hydrogen) atoms. The highest BCUT2D eigenvalue weighted by molar-refractivity contribution is 5.91. The van der Waals surface area contributed by atoms with E-state index in [4.69, 9.17) is 0 Å². The number of hydrogen-bond acceptors (Lipinski definition) is 1. The number of benzene rings is 3. The largest absolute Gasteiger partial charge is 0.267 e. The summed E-state index contributed by atoms with van der Waals surface area (Å²) in [5.41, 5.74) is 5.66. The number of rotatable bonds is 4. The molecular formula is C24H20N2. The smallest absolute Gasteiger partial charge is 0.0930 e. The predicted octanol–water partition coefficient (Wildman–Crippen LogP) is 5.91. The SMILES string of the molecule is Cn1nc(/C=C/c2ccccc2)c2cc(/C=C/c3ccccc3)ccc21. The minimum atomic E-state index is 0.987. The number of aryl methyl sites for hydroxylation is 1. The Morgan fingerprint density at radius 2 is 1.23 bits per heavy atom. The number of aromatic nitrogens is 2. The van der Waals surface area contributed by atoms with Gasteiger partial charge in [-0.05, 0) is 34.9 Å². The van der Waals surface area contributed by atoms with E-state index in [1.165, 1.54) is 16.7 Å². The van der Waals surface area contributed by atoms with E-state index in [2.05, 4.69) is 84.0 Å². The molecule has 4 rings (SSSR count). The highest BCUT2D eigenvalue weighted by Gasteiger charge is 2.06. The van der Waals surface area contributed by atoms with Gasteiger partial charge in [-0.1, -0.05) is 85.0 Å². The molecule has 0 N–H and O–H groups in total. The molecule has 126 valence electrons. The average Bonchev–Trinajstić information content (AvgIpc) is 3.01. The first-order chi connectivity index (χ1) is 12.8. The molecule has 0 saturated heterocycles. The van der Waals surface area contributed by atoms with Crippen LogP contribution in [-0.2, 0) is 7.05 Å². The van der Waals surface area contributed by atoms with E-state index < -0.39 is 0 Å². The molecule has 0 atom stereocenters. The fourth-order valence-corrected chi connectivity index (χ4v) is 3.03. The molecule has 0 radical (unpaired) electrons. The van der Waals surface area contributed by atoms with E-state index in [1.54, 1.807) is 0 Å². The minimum absolute atomic E-state index is 0.987. The van der Waals surface area contributed by atoms with Crippen LogP contribution in [-0.4, -0.2) is 9.78 Å². The van der Waals surface area contributed by atoms with Crippen LogP contribution in [0.15, 0.2) is 78.9 Å². The Morgan fingerprint density at radius 1 is 0.654 bits per heavy atom. The first-order valence-electron chi connectivity index (χ1n) is 8.73. The first-order valence-corrected chi connectivity index (χ1v) is 8.73. The van der Waals surface area contributed by atoms with Gasteiger partial charge in [0.15, 0.2) is 0 Å². The Hall–Kier alpha value is -3.39. The lowest BCUT2D eigenvalue weighted by atomic mass is 10.1. The zero-order chi connectivity index (χ0) is 17.8. The molecule has 4 aromatic rings. The van der Waals surface area contributed by atoms with Crippen LogP contribution in [0.25, 0.3) is 35.2 Å². The maximum absolute atomic E-state index is 4.67. The van der Waals surface area contributed by atoms with Crippen molar-refractivity contribution in [2.75, 3.05) is 0 Å². The van der Waals surface area contributed by atoms with Gasteiger partial charge in [0.1, 0.15) is 0 Å². The van der Waals surface area contributed by atoms with Crippen molar-refractivity contribution in [2.24, 2.45) is 7.05 Å². The van der Waals surface area contributed by atoms with Crippen LogP contribution in [0, 0.1) is 0 Å². The van der Waals surface area contributed by atoms with Crippen LogP contribution < -0.4 is 0 Å². The summed E-state index contributed by atoms with van der Waals surface area (Å²) in [6.45, 7) is 0. The maximum Gasteiger partial charge on any atom is 0.0930 e. The van der Waals surface area contributed by atoms with Gasteiger partial charge in [-0.25, -0.2) is 0 Å². The van der Waals surface area contributed by atoms with Crippen molar-refractivity contribution in [1.82, 2.24) is 9.78 Å². The van der Waals surface area contributed by atoms with Crippen molar-refractivity contribution in [3.63, 3.8) is 0 Å². The Balaban J connectivity index is 1.68. The molecule has 0 aliphatic rings. The minimum Gasteiger partial charge on any atom is -0.267 e. The standard InChI is InChI=1S/C24H20N2/c1-26-24-17-15-21(13-12-19-8-4-2-5-9-19)18-22(24)23(25-26)16-14-20-10-6-3-7-11-20/h2-18H,1H3/b13-12+,16-14+. The summed E-state index contributed by atoms with van der Waals surface area (Å²) in [5, 5.41) is 5.83. The first kappa shape index (κ1) is 16.1. The second-order valence-corrected chi connectivity index (χ2v) is 6.27. The quantitative estimate of drug-likeness (QED) is 0.423. The Kier molecular flexibility index (Phi) is 4.48. The van der Waals surface area contributed by atoms with Gasteiger partial charge in [-0.3, -0.25) is 4.68 Å². The van der Waals surface area contributed by atoms with Crippen molar-refractivity contribution in [3.8, 4) is 0 Å². The fraction of sp³-hybridized carbons (Fsp3) is 0.0417. The molecule has 1 heterocycles. The summed E-state index contributed by atoms with van der Waals surface area (Å²) in [4.78, 5) is 0. The lowest BCUT2D eigenvalue weighted by molar-refractivity contribution is 0.793. The number of fused-ring (bicyclic) bond motifs is 1. The van der Waals surface area contributed by atoms with Gasteiger partial charge in [0.25, 0.3) is 0 Å². The third-order valence-corrected chi connectivity index (χ3v) is 4.40. The van der Waals surface area contributed by atoms with Crippen molar-refractivity contribution in [2.45, 2.75) is 0 Å². The lowest BCUT2D eigenvalue weighted by Gasteiger charge is -1.97. The Morgan fingerprint density at radius 3 is 1.88 bits per heavy atom. The maximum atomic E-state index is 4.67. The van der Waals surface area contributed by atoms with Crippen molar-refractivity contribution in [3.05, 3.63) is 101 Å².